The molecule has 0 spiro atoms. The lowest BCUT2D eigenvalue weighted by atomic mass is 9.99. The number of nitrogens with one attached hydrogen (secondary N) is 1. The molecule has 0 aliphatic carbocycles. The number of benzene rings is 1. The molecule has 2 aliphatic rings. The van der Waals surface area contributed by atoms with Crippen LogP contribution in [0.5, 0.6) is 0 Å². The third-order valence-corrected chi connectivity index (χ3v) is 3.86. The van der Waals surface area contributed by atoms with E-state index in [0.717, 1.165) is 18.2 Å². The summed E-state index contributed by atoms with van der Waals surface area (Å²) in [7, 11) is 0. The van der Waals surface area contributed by atoms with E-state index in [1.54, 1.807) is 6.92 Å². The van der Waals surface area contributed by atoms with Gasteiger partial charge in [-0.1, -0.05) is 12.1 Å². The fourth-order valence-corrected chi connectivity index (χ4v) is 2.81. The number of halogens is 3. The van der Waals surface area contributed by atoms with Gasteiger partial charge in [0.1, 0.15) is 12.0 Å². The zero-order valence-electron chi connectivity index (χ0n) is 12.8. The first-order chi connectivity index (χ1) is 11.8. The van der Waals surface area contributed by atoms with Gasteiger partial charge < -0.3 is 4.74 Å². The Hall–Kier alpha value is -2.91. The summed E-state index contributed by atoms with van der Waals surface area (Å²) in [4.78, 5) is 37.4. The van der Waals surface area contributed by atoms with E-state index in [-0.39, 0.29) is 12.3 Å². The third kappa shape index (κ3) is 2.63. The first-order valence-electron chi connectivity index (χ1n) is 7.31. The molecule has 1 fully saturated rings. The van der Waals surface area contributed by atoms with Gasteiger partial charge in [0.15, 0.2) is 5.71 Å². The van der Waals surface area contributed by atoms with Crippen molar-refractivity contribution in [2.24, 2.45) is 11.0 Å². The van der Waals surface area contributed by atoms with Crippen molar-refractivity contribution in [2.45, 2.75) is 19.1 Å². The molecule has 1 saturated heterocycles. The molecule has 0 unspecified atom stereocenters. The van der Waals surface area contributed by atoms with Crippen molar-refractivity contribution in [3.05, 3.63) is 29.8 Å². The van der Waals surface area contributed by atoms with Gasteiger partial charge in [0.05, 0.1) is 17.9 Å². The van der Waals surface area contributed by atoms with Crippen molar-refractivity contribution in [2.75, 3.05) is 11.5 Å². The van der Waals surface area contributed by atoms with Crippen LogP contribution in [-0.4, -0.2) is 36.1 Å². The molecule has 25 heavy (non-hydrogen) atoms. The average Bonchev–Trinajstić information content (AvgIpc) is 3.08. The Morgan fingerprint density at radius 2 is 1.96 bits per heavy atom. The maximum Gasteiger partial charge on any atom is 0.418 e. The SMILES string of the molecule is CCOC(=O)C1=NN[C@@H]2C(=O)N(c3ccccc3C(F)(F)F)C(=O)[C@H]12. The number of amides is 2. The minimum Gasteiger partial charge on any atom is -0.461 e. The molecule has 10 heteroatoms. The summed E-state index contributed by atoms with van der Waals surface area (Å²) < 4.78 is 44.3. The van der Waals surface area contributed by atoms with E-state index in [0.29, 0.717) is 4.90 Å². The molecule has 0 saturated carbocycles. The second-order valence-electron chi connectivity index (χ2n) is 5.33. The summed E-state index contributed by atoms with van der Waals surface area (Å²) in [5.41, 5.74) is 0.319. The number of hydrazone groups is 1. The molecular formula is C15H12F3N3O4. The lowest BCUT2D eigenvalue weighted by Gasteiger charge is -2.20. The lowest BCUT2D eigenvalue weighted by molar-refractivity contribution is -0.138. The quantitative estimate of drug-likeness (QED) is 0.648. The van der Waals surface area contributed by atoms with Crippen LogP contribution in [0.3, 0.4) is 0 Å². The van der Waals surface area contributed by atoms with Crippen LogP contribution in [0.25, 0.3) is 0 Å². The van der Waals surface area contributed by atoms with Crippen molar-refractivity contribution in [3.63, 3.8) is 0 Å². The number of hydrogen-bond acceptors (Lipinski definition) is 6. The summed E-state index contributed by atoms with van der Waals surface area (Å²) in [5, 5.41) is 3.64. The van der Waals surface area contributed by atoms with Crippen LogP contribution >= 0.6 is 0 Å². The number of nitrogens with zero attached hydrogens (tertiary/aromatic N) is 2. The van der Waals surface area contributed by atoms with Gasteiger partial charge >= 0.3 is 12.1 Å². The normalized spacial score (nSPS) is 22.6. The van der Waals surface area contributed by atoms with Crippen molar-refractivity contribution in [1.29, 1.82) is 0 Å². The van der Waals surface area contributed by atoms with E-state index in [1.807, 2.05) is 0 Å². The highest BCUT2D eigenvalue weighted by Crippen LogP contribution is 2.39. The number of anilines is 1. The summed E-state index contributed by atoms with van der Waals surface area (Å²) in [6.45, 7) is 1.57. The van der Waals surface area contributed by atoms with Crippen molar-refractivity contribution in [1.82, 2.24) is 5.43 Å². The van der Waals surface area contributed by atoms with Gasteiger partial charge in [-0.15, -0.1) is 0 Å². The Morgan fingerprint density at radius 1 is 1.28 bits per heavy atom. The van der Waals surface area contributed by atoms with E-state index in [9.17, 15) is 27.6 Å². The molecule has 0 radical (unpaired) electrons. The third-order valence-electron chi connectivity index (χ3n) is 3.86. The first kappa shape index (κ1) is 16.9. The highest BCUT2D eigenvalue weighted by Gasteiger charge is 2.56. The summed E-state index contributed by atoms with van der Waals surface area (Å²) in [5.74, 6) is -4.07. The van der Waals surface area contributed by atoms with Crippen LogP contribution in [0.1, 0.15) is 12.5 Å². The molecule has 2 aliphatic heterocycles. The van der Waals surface area contributed by atoms with Crippen molar-refractivity contribution in [3.8, 4) is 0 Å². The van der Waals surface area contributed by atoms with Gasteiger partial charge in [-0.2, -0.15) is 18.3 Å². The first-order valence-corrected chi connectivity index (χ1v) is 7.31. The zero-order chi connectivity index (χ0) is 18.4. The van der Waals surface area contributed by atoms with Gasteiger partial charge in [-0.05, 0) is 19.1 Å². The second kappa shape index (κ2) is 5.87. The molecule has 132 valence electrons. The minimum atomic E-state index is -4.75. The number of fused-ring (bicyclic) bond motifs is 1. The largest absolute Gasteiger partial charge is 0.461 e. The molecule has 2 heterocycles. The number of hydrogen-bond donors (Lipinski definition) is 1. The van der Waals surface area contributed by atoms with Crippen molar-refractivity contribution < 1.29 is 32.3 Å². The molecule has 1 aromatic carbocycles. The maximum absolute atomic E-state index is 13.2. The molecule has 7 nitrogen and oxygen atoms in total. The Bertz CT molecular complexity index is 790. The molecular weight excluding hydrogens is 343 g/mol. The standard InChI is InChI=1S/C15H12F3N3O4/c1-2-25-14(24)11-9-10(19-20-11)13(23)21(12(9)22)8-6-4-3-5-7(8)15(16,17)18/h3-6,9-10,19H,2H2,1H3/t9-,10-/m0/s1. The Morgan fingerprint density at radius 3 is 2.60 bits per heavy atom. The lowest BCUT2D eigenvalue weighted by Crippen LogP contribution is -2.37. The zero-order valence-corrected chi connectivity index (χ0v) is 12.8. The van der Waals surface area contributed by atoms with Crippen LogP contribution in [0, 0.1) is 5.92 Å². The summed E-state index contributed by atoms with van der Waals surface area (Å²) in [6, 6.07) is 3.02. The highest BCUT2D eigenvalue weighted by molar-refractivity contribution is 6.46. The average molecular weight is 355 g/mol. The number of carbonyl (C=O) groups is 3. The number of esters is 1. The molecule has 2 atom stereocenters. The van der Waals surface area contributed by atoms with Crippen LogP contribution in [0.4, 0.5) is 18.9 Å². The molecule has 0 aromatic heterocycles. The fourth-order valence-electron chi connectivity index (χ4n) is 2.81. The van der Waals surface area contributed by atoms with E-state index in [2.05, 4.69) is 10.5 Å². The van der Waals surface area contributed by atoms with Crippen LogP contribution in [-0.2, 0) is 25.3 Å². The number of alkyl halides is 3. The monoisotopic (exact) mass is 355 g/mol. The van der Waals surface area contributed by atoms with E-state index in [4.69, 9.17) is 4.74 Å². The van der Waals surface area contributed by atoms with Crippen LogP contribution < -0.4 is 10.3 Å². The van der Waals surface area contributed by atoms with Gasteiger partial charge in [-0.25, -0.2) is 9.69 Å². The molecule has 2 amide bonds. The molecule has 3 rings (SSSR count). The number of imide groups is 1. The Balaban J connectivity index is 2.00. The topological polar surface area (TPSA) is 88.1 Å². The smallest absolute Gasteiger partial charge is 0.418 e. The number of ether oxygens (including phenoxy) is 1. The van der Waals surface area contributed by atoms with Gasteiger partial charge in [0.2, 0.25) is 5.91 Å². The van der Waals surface area contributed by atoms with Gasteiger partial charge in [0, 0.05) is 0 Å². The van der Waals surface area contributed by atoms with E-state index < -0.39 is 47.2 Å². The number of para-hydroxylation sites is 1. The second-order valence-corrected chi connectivity index (χ2v) is 5.33. The van der Waals surface area contributed by atoms with E-state index in [1.165, 1.54) is 6.07 Å². The Labute approximate surface area is 139 Å². The Kier molecular flexibility index (Phi) is 3.97. The highest BCUT2D eigenvalue weighted by atomic mass is 19.4. The van der Waals surface area contributed by atoms with Gasteiger partial charge in [0.25, 0.3) is 5.91 Å². The number of carbonyl (C=O) groups excluding carboxylic acids is 3. The predicted octanol–water partition coefficient (Wildman–Crippen LogP) is 1.09. The maximum atomic E-state index is 13.2. The minimum absolute atomic E-state index is 0.0258. The number of rotatable bonds is 3. The van der Waals surface area contributed by atoms with Crippen LogP contribution in [0.15, 0.2) is 29.4 Å². The molecule has 1 N–H and O–H groups in total. The van der Waals surface area contributed by atoms with Crippen LogP contribution in [0.2, 0.25) is 0 Å². The molecule has 1 aromatic rings. The van der Waals surface area contributed by atoms with Crippen molar-refractivity contribution >= 4 is 29.2 Å². The summed E-state index contributed by atoms with van der Waals surface area (Å²) in [6.07, 6.45) is -4.75. The molecule has 0 bridgehead atoms. The fraction of sp³-hybridized carbons (Fsp3) is 0.333. The summed E-state index contributed by atoms with van der Waals surface area (Å²) >= 11 is 0. The predicted molar refractivity (Wildman–Crippen MR) is 78.4 cm³/mol. The van der Waals surface area contributed by atoms with E-state index >= 15 is 0 Å². The van der Waals surface area contributed by atoms with Gasteiger partial charge in [-0.3, -0.25) is 15.0 Å².